The number of rotatable bonds is 9. The minimum atomic E-state index is 0.0570. The lowest BCUT2D eigenvalue weighted by atomic mass is 10.1. The maximum Gasteiger partial charge on any atom is 0.196 e. The van der Waals surface area contributed by atoms with Gasteiger partial charge in [-0.05, 0) is 63.1 Å². The molecule has 35 heavy (non-hydrogen) atoms. The van der Waals surface area contributed by atoms with Crippen molar-refractivity contribution < 1.29 is 9.53 Å². The smallest absolute Gasteiger partial charge is 0.196 e. The zero-order valence-electron chi connectivity index (χ0n) is 20.6. The number of nitrogens with zero attached hydrogens (tertiary/aromatic N) is 4. The molecule has 0 aliphatic heterocycles. The van der Waals surface area contributed by atoms with Crippen molar-refractivity contribution in [2.24, 2.45) is 0 Å². The van der Waals surface area contributed by atoms with E-state index < -0.39 is 0 Å². The average molecular weight is 509 g/mol. The molecule has 0 aliphatic rings. The van der Waals surface area contributed by atoms with Gasteiger partial charge in [0.1, 0.15) is 0 Å². The van der Waals surface area contributed by atoms with Gasteiger partial charge in [-0.15, -0.1) is 10.2 Å². The molecule has 4 aromatic rings. The van der Waals surface area contributed by atoms with Crippen molar-refractivity contribution in [2.75, 3.05) is 19.5 Å². The Morgan fingerprint density at radius 1 is 1.06 bits per heavy atom. The number of aryl methyl sites for hydroxylation is 3. The molecule has 8 heteroatoms. The number of Topliss-reactive ketones (excluding diaryl/α,β-unsaturated/α-hetero) is 1. The molecule has 0 fully saturated rings. The number of methoxy groups -OCH3 is 1. The molecule has 0 radical (unpaired) electrons. The minimum absolute atomic E-state index is 0.0570. The summed E-state index contributed by atoms with van der Waals surface area (Å²) in [6.07, 6.45) is 0. The topological polar surface area (TPSA) is 61.9 Å². The standard InChI is InChI=1S/C27H29ClN4O2S/c1-17-10-11-18(2)24(14-17)32-26(21-8-6-7-9-23(21)28)29-30-27(32)35-16-25(33)22-15-19(3)31(20(22)4)12-13-34-5/h6-11,14-15H,12-13,16H2,1-5H3. The van der Waals surface area contributed by atoms with E-state index in [1.165, 1.54) is 11.8 Å². The van der Waals surface area contributed by atoms with Crippen LogP contribution in [0.2, 0.25) is 5.02 Å². The lowest BCUT2D eigenvalue weighted by molar-refractivity contribution is 0.102. The van der Waals surface area contributed by atoms with Crippen LogP contribution in [0.4, 0.5) is 0 Å². The Morgan fingerprint density at radius 3 is 2.57 bits per heavy atom. The Balaban J connectivity index is 1.69. The number of halogens is 1. The summed E-state index contributed by atoms with van der Waals surface area (Å²) in [4.78, 5) is 13.2. The lowest BCUT2D eigenvalue weighted by Crippen LogP contribution is -2.10. The van der Waals surface area contributed by atoms with Gasteiger partial charge in [-0.1, -0.05) is 47.6 Å². The van der Waals surface area contributed by atoms with Crippen LogP contribution in [0.1, 0.15) is 32.9 Å². The highest BCUT2D eigenvalue weighted by atomic mass is 35.5. The zero-order valence-corrected chi connectivity index (χ0v) is 22.2. The Labute approximate surface area is 215 Å². The fourth-order valence-electron chi connectivity index (χ4n) is 4.18. The predicted octanol–water partition coefficient (Wildman–Crippen LogP) is 6.24. The largest absolute Gasteiger partial charge is 0.383 e. The normalized spacial score (nSPS) is 11.3. The summed E-state index contributed by atoms with van der Waals surface area (Å²) in [5, 5.41) is 10.2. The van der Waals surface area contributed by atoms with Crippen molar-refractivity contribution in [1.82, 2.24) is 19.3 Å². The van der Waals surface area contributed by atoms with Gasteiger partial charge in [0.05, 0.1) is 23.1 Å². The van der Waals surface area contributed by atoms with Gasteiger partial charge in [-0.2, -0.15) is 0 Å². The molecule has 0 bridgehead atoms. The van der Waals surface area contributed by atoms with Gasteiger partial charge in [0.15, 0.2) is 16.8 Å². The van der Waals surface area contributed by atoms with Gasteiger partial charge in [0.25, 0.3) is 0 Å². The van der Waals surface area contributed by atoms with Crippen LogP contribution in [-0.2, 0) is 11.3 Å². The molecule has 0 saturated heterocycles. The first-order chi connectivity index (χ1) is 16.8. The van der Waals surface area contributed by atoms with Crippen molar-refractivity contribution in [3.8, 4) is 17.1 Å². The maximum absolute atomic E-state index is 13.2. The first-order valence-corrected chi connectivity index (χ1v) is 12.8. The number of benzene rings is 2. The van der Waals surface area contributed by atoms with Gasteiger partial charge < -0.3 is 9.30 Å². The summed E-state index contributed by atoms with van der Waals surface area (Å²) in [5.41, 5.74) is 6.71. The molecule has 0 saturated carbocycles. The molecule has 0 unspecified atom stereocenters. The van der Waals surface area contributed by atoms with Crippen LogP contribution in [0.3, 0.4) is 0 Å². The highest BCUT2D eigenvalue weighted by Crippen LogP contribution is 2.33. The van der Waals surface area contributed by atoms with Gasteiger partial charge in [0.2, 0.25) is 0 Å². The van der Waals surface area contributed by atoms with Gasteiger partial charge in [-0.25, -0.2) is 0 Å². The molecule has 4 rings (SSSR count). The van der Waals surface area contributed by atoms with E-state index in [0.29, 0.717) is 22.6 Å². The summed E-state index contributed by atoms with van der Waals surface area (Å²) in [6.45, 7) is 9.42. The van der Waals surface area contributed by atoms with Crippen molar-refractivity contribution >= 4 is 29.1 Å². The van der Waals surface area contributed by atoms with Crippen molar-refractivity contribution in [1.29, 1.82) is 0 Å². The fourth-order valence-corrected chi connectivity index (χ4v) is 5.22. The third-order valence-electron chi connectivity index (χ3n) is 6.08. The molecule has 0 aliphatic carbocycles. The van der Waals surface area contributed by atoms with E-state index in [1.54, 1.807) is 7.11 Å². The average Bonchev–Trinajstić information content (AvgIpc) is 3.38. The monoisotopic (exact) mass is 508 g/mol. The number of ether oxygens (including phenoxy) is 1. The molecular formula is C27H29ClN4O2S. The van der Waals surface area contributed by atoms with Crippen molar-refractivity contribution in [3.05, 3.63) is 81.6 Å². The van der Waals surface area contributed by atoms with Crippen LogP contribution in [0.15, 0.2) is 53.7 Å². The molecule has 6 nitrogen and oxygen atoms in total. The number of hydrogen-bond acceptors (Lipinski definition) is 5. The number of carbonyl (C=O) groups excluding carboxylic acids is 1. The number of ketones is 1. The van der Waals surface area contributed by atoms with Crippen LogP contribution in [-0.4, -0.2) is 44.6 Å². The van der Waals surface area contributed by atoms with Gasteiger partial charge in [-0.3, -0.25) is 9.36 Å². The SMILES string of the molecule is COCCn1c(C)cc(C(=O)CSc2nnc(-c3ccccc3Cl)n2-c2cc(C)ccc2C)c1C. The second kappa shape index (κ2) is 10.8. The van der Waals surface area contributed by atoms with E-state index in [-0.39, 0.29) is 11.5 Å². The second-order valence-electron chi connectivity index (χ2n) is 8.55. The van der Waals surface area contributed by atoms with Crippen molar-refractivity contribution in [2.45, 2.75) is 39.4 Å². The molecule has 182 valence electrons. The summed E-state index contributed by atoms with van der Waals surface area (Å²) >= 11 is 7.91. The first kappa shape index (κ1) is 25.2. The summed E-state index contributed by atoms with van der Waals surface area (Å²) in [7, 11) is 1.68. The predicted molar refractivity (Wildman–Crippen MR) is 142 cm³/mol. The third kappa shape index (κ3) is 5.22. The van der Waals surface area contributed by atoms with E-state index >= 15 is 0 Å². The highest BCUT2D eigenvalue weighted by Gasteiger charge is 2.22. The molecule has 2 aromatic carbocycles. The molecule has 2 aromatic heterocycles. The quantitative estimate of drug-likeness (QED) is 0.198. The molecule has 0 N–H and O–H groups in total. The number of hydrogen-bond donors (Lipinski definition) is 0. The fraction of sp³-hybridized carbons (Fsp3) is 0.296. The minimum Gasteiger partial charge on any atom is -0.383 e. The first-order valence-electron chi connectivity index (χ1n) is 11.4. The molecule has 0 amide bonds. The summed E-state index contributed by atoms with van der Waals surface area (Å²) in [6, 6.07) is 15.8. The highest BCUT2D eigenvalue weighted by molar-refractivity contribution is 7.99. The third-order valence-corrected chi connectivity index (χ3v) is 7.34. The van der Waals surface area contributed by atoms with E-state index in [0.717, 1.165) is 45.9 Å². The molecule has 0 spiro atoms. The Hall–Kier alpha value is -2.87. The summed E-state index contributed by atoms with van der Waals surface area (Å²) < 4.78 is 9.34. The van der Waals surface area contributed by atoms with Gasteiger partial charge in [0, 0.05) is 36.2 Å². The Kier molecular flexibility index (Phi) is 7.79. The van der Waals surface area contributed by atoms with Gasteiger partial charge >= 0.3 is 0 Å². The zero-order chi connectivity index (χ0) is 25.1. The van der Waals surface area contributed by atoms with E-state index in [1.807, 2.05) is 48.7 Å². The second-order valence-corrected chi connectivity index (χ2v) is 9.90. The molecule has 2 heterocycles. The lowest BCUT2D eigenvalue weighted by Gasteiger charge is -2.14. The van der Waals surface area contributed by atoms with Crippen LogP contribution in [0, 0.1) is 27.7 Å². The van der Waals surface area contributed by atoms with Crippen LogP contribution >= 0.6 is 23.4 Å². The van der Waals surface area contributed by atoms with Crippen LogP contribution in [0.25, 0.3) is 17.1 Å². The Bertz CT molecular complexity index is 1380. The molecule has 0 atom stereocenters. The van der Waals surface area contributed by atoms with Crippen molar-refractivity contribution in [3.63, 3.8) is 0 Å². The molecular weight excluding hydrogens is 480 g/mol. The number of aromatic nitrogens is 4. The van der Waals surface area contributed by atoms with Crippen LogP contribution < -0.4 is 0 Å². The van der Waals surface area contributed by atoms with E-state index in [2.05, 4.69) is 46.8 Å². The van der Waals surface area contributed by atoms with E-state index in [9.17, 15) is 4.79 Å². The number of carbonyl (C=O) groups is 1. The summed E-state index contributed by atoms with van der Waals surface area (Å²) in [5.74, 6) is 0.957. The maximum atomic E-state index is 13.2. The Morgan fingerprint density at radius 2 is 1.83 bits per heavy atom. The van der Waals surface area contributed by atoms with E-state index in [4.69, 9.17) is 16.3 Å². The number of thioether (sulfide) groups is 1. The van der Waals surface area contributed by atoms with Crippen LogP contribution in [0.5, 0.6) is 0 Å².